The first-order valence-electron chi connectivity index (χ1n) is 4.05. The van der Waals surface area contributed by atoms with Crippen LogP contribution in [0.5, 0.6) is 0 Å². The predicted octanol–water partition coefficient (Wildman–Crippen LogP) is 1.05. The Balaban J connectivity index is 2.61. The van der Waals surface area contributed by atoms with Crippen LogP contribution in [0.4, 0.5) is 0 Å². The second kappa shape index (κ2) is 2.83. The Labute approximate surface area is 75.5 Å². The molecule has 4 nitrogen and oxygen atoms in total. The van der Waals surface area contributed by atoms with Crippen LogP contribution in [0.2, 0.25) is 0 Å². The minimum Gasteiger partial charge on any atom is -0.441 e. The SMILES string of the molecule is Cc1nc2cc(C(N)N)ccc2o1. The highest BCUT2D eigenvalue weighted by molar-refractivity contribution is 5.73. The van der Waals surface area contributed by atoms with E-state index in [9.17, 15) is 0 Å². The number of benzene rings is 1. The fourth-order valence-corrected chi connectivity index (χ4v) is 1.27. The van der Waals surface area contributed by atoms with Crippen LogP contribution in [0.3, 0.4) is 0 Å². The molecule has 2 rings (SSSR count). The third kappa shape index (κ3) is 1.41. The summed E-state index contributed by atoms with van der Waals surface area (Å²) in [6, 6.07) is 5.52. The van der Waals surface area contributed by atoms with Gasteiger partial charge in [-0.15, -0.1) is 0 Å². The van der Waals surface area contributed by atoms with Crippen LogP contribution in [0.1, 0.15) is 17.6 Å². The lowest BCUT2D eigenvalue weighted by molar-refractivity contribution is 0.561. The highest BCUT2D eigenvalue weighted by Gasteiger charge is 2.05. The van der Waals surface area contributed by atoms with Crippen molar-refractivity contribution >= 4 is 11.1 Å². The van der Waals surface area contributed by atoms with E-state index in [1.54, 1.807) is 0 Å². The summed E-state index contributed by atoms with van der Waals surface area (Å²) < 4.78 is 5.31. The molecule has 13 heavy (non-hydrogen) atoms. The molecule has 1 aromatic heterocycles. The van der Waals surface area contributed by atoms with Gasteiger partial charge in [-0.05, 0) is 17.7 Å². The molecule has 0 aliphatic rings. The molecule has 0 spiro atoms. The second-order valence-electron chi connectivity index (χ2n) is 2.99. The fraction of sp³-hybridized carbons (Fsp3) is 0.222. The van der Waals surface area contributed by atoms with Gasteiger partial charge in [0.05, 0.1) is 6.17 Å². The summed E-state index contributed by atoms with van der Waals surface area (Å²) in [5.74, 6) is 0.651. The molecule has 4 heteroatoms. The first-order chi connectivity index (χ1) is 6.16. The van der Waals surface area contributed by atoms with Gasteiger partial charge >= 0.3 is 0 Å². The van der Waals surface area contributed by atoms with Crippen molar-refractivity contribution in [3.63, 3.8) is 0 Å². The first-order valence-corrected chi connectivity index (χ1v) is 4.05. The van der Waals surface area contributed by atoms with E-state index in [2.05, 4.69) is 4.98 Å². The van der Waals surface area contributed by atoms with Crippen molar-refractivity contribution in [2.24, 2.45) is 11.5 Å². The Morgan fingerprint density at radius 2 is 2.15 bits per heavy atom. The molecule has 0 saturated heterocycles. The Bertz CT molecular complexity index is 433. The van der Waals surface area contributed by atoms with Crippen LogP contribution >= 0.6 is 0 Å². The van der Waals surface area contributed by atoms with Gasteiger partial charge in [-0.1, -0.05) is 6.07 Å². The molecule has 4 N–H and O–H groups in total. The summed E-state index contributed by atoms with van der Waals surface area (Å²) in [6.07, 6.45) is -0.457. The average molecular weight is 177 g/mol. The predicted molar refractivity (Wildman–Crippen MR) is 49.9 cm³/mol. The van der Waals surface area contributed by atoms with Crippen LogP contribution in [-0.4, -0.2) is 4.98 Å². The van der Waals surface area contributed by atoms with Crippen LogP contribution in [0.15, 0.2) is 22.6 Å². The highest BCUT2D eigenvalue weighted by Crippen LogP contribution is 2.18. The van der Waals surface area contributed by atoms with Crippen molar-refractivity contribution in [2.45, 2.75) is 13.1 Å². The monoisotopic (exact) mass is 177 g/mol. The molecule has 0 aliphatic carbocycles. The first kappa shape index (κ1) is 8.22. The maximum Gasteiger partial charge on any atom is 0.192 e. The fourth-order valence-electron chi connectivity index (χ4n) is 1.27. The second-order valence-corrected chi connectivity index (χ2v) is 2.99. The minimum atomic E-state index is -0.457. The van der Waals surface area contributed by atoms with Gasteiger partial charge in [-0.3, -0.25) is 0 Å². The molecular weight excluding hydrogens is 166 g/mol. The smallest absolute Gasteiger partial charge is 0.192 e. The zero-order valence-electron chi connectivity index (χ0n) is 7.32. The van der Waals surface area contributed by atoms with E-state index in [0.717, 1.165) is 16.7 Å². The minimum absolute atomic E-state index is 0.457. The highest BCUT2D eigenvalue weighted by atomic mass is 16.3. The maximum absolute atomic E-state index is 5.53. The summed E-state index contributed by atoms with van der Waals surface area (Å²) in [6.45, 7) is 1.81. The third-order valence-electron chi connectivity index (χ3n) is 1.90. The van der Waals surface area contributed by atoms with Crippen molar-refractivity contribution in [3.8, 4) is 0 Å². The molecule has 0 saturated carbocycles. The molecule has 1 aromatic carbocycles. The lowest BCUT2D eigenvalue weighted by atomic mass is 10.2. The Morgan fingerprint density at radius 1 is 1.38 bits per heavy atom. The van der Waals surface area contributed by atoms with Gasteiger partial charge in [-0.2, -0.15) is 0 Å². The van der Waals surface area contributed by atoms with E-state index >= 15 is 0 Å². The van der Waals surface area contributed by atoms with Crippen molar-refractivity contribution in [2.75, 3.05) is 0 Å². The number of nitrogens with two attached hydrogens (primary N) is 2. The van der Waals surface area contributed by atoms with E-state index in [4.69, 9.17) is 15.9 Å². The number of aryl methyl sites for hydroxylation is 1. The summed E-state index contributed by atoms with van der Waals surface area (Å²) in [5.41, 5.74) is 13.5. The van der Waals surface area contributed by atoms with Crippen molar-refractivity contribution in [1.82, 2.24) is 4.98 Å². The molecule has 1 heterocycles. The van der Waals surface area contributed by atoms with E-state index in [0.29, 0.717) is 5.89 Å². The van der Waals surface area contributed by atoms with E-state index in [-0.39, 0.29) is 0 Å². The van der Waals surface area contributed by atoms with Crippen LogP contribution in [0.25, 0.3) is 11.1 Å². The lowest BCUT2D eigenvalue weighted by Crippen LogP contribution is -2.19. The number of hydrogen-bond acceptors (Lipinski definition) is 4. The maximum atomic E-state index is 5.53. The van der Waals surface area contributed by atoms with Crippen LogP contribution < -0.4 is 11.5 Å². The van der Waals surface area contributed by atoms with Crippen molar-refractivity contribution in [3.05, 3.63) is 29.7 Å². The molecule has 0 radical (unpaired) electrons. The number of hydrogen-bond donors (Lipinski definition) is 2. The molecule has 68 valence electrons. The van der Waals surface area contributed by atoms with Crippen LogP contribution in [-0.2, 0) is 0 Å². The lowest BCUT2D eigenvalue weighted by Gasteiger charge is -2.03. The largest absolute Gasteiger partial charge is 0.441 e. The zero-order valence-corrected chi connectivity index (χ0v) is 7.32. The van der Waals surface area contributed by atoms with Gasteiger partial charge in [0.1, 0.15) is 5.52 Å². The third-order valence-corrected chi connectivity index (χ3v) is 1.90. The average Bonchev–Trinajstić information content (AvgIpc) is 2.42. The van der Waals surface area contributed by atoms with Gasteiger partial charge in [0.15, 0.2) is 11.5 Å². The summed E-state index contributed by atoms with van der Waals surface area (Å²) in [5, 5.41) is 0. The molecular formula is C9H11N3O. The van der Waals surface area contributed by atoms with Gasteiger partial charge in [0.2, 0.25) is 0 Å². The number of rotatable bonds is 1. The molecule has 0 fully saturated rings. The number of fused-ring (bicyclic) bond motifs is 1. The Hall–Kier alpha value is -1.39. The molecule has 0 atom stereocenters. The Morgan fingerprint density at radius 3 is 2.85 bits per heavy atom. The molecule has 0 amide bonds. The molecule has 2 aromatic rings. The van der Waals surface area contributed by atoms with Gasteiger partial charge in [0.25, 0.3) is 0 Å². The topological polar surface area (TPSA) is 78.1 Å². The Kier molecular flexibility index (Phi) is 1.79. The normalized spacial score (nSPS) is 11.4. The van der Waals surface area contributed by atoms with Crippen LogP contribution in [0, 0.1) is 6.92 Å². The summed E-state index contributed by atoms with van der Waals surface area (Å²) in [4.78, 5) is 4.18. The van der Waals surface area contributed by atoms with Crippen molar-refractivity contribution < 1.29 is 4.42 Å². The number of aromatic nitrogens is 1. The summed E-state index contributed by atoms with van der Waals surface area (Å²) >= 11 is 0. The standard InChI is InChI=1S/C9H11N3O/c1-5-12-7-4-6(9(10)11)2-3-8(7)13-5/h2-4,9H,10-11H2,1H3. The van der Waals surface area contributed by atoms with Crippen molar-refractivity contribution in [1.29, 1.82) is 0 Å². The molecule has 0 aliphatic heterocycles. The molecule has 0 bridgehead atoms. The summed E-state index contributed by atoms with van der Waals surface area (Å²) in [7, 11) is 0. The number of oxazole rings is 1. The van der Waals surface area contributed by atoms with E-state index in [1.807, 2.05) is 25.1 Å². The van der Waals surface area contributed by atoms with E-state index < -0.39 is 6.17 Å². The van der Waals surface area contributed by atoms with Gasteiger partial charge < -0.3 is 15.9 Å². The van der Waals surface area contributed by atoms with Gasteiger partial charge in [-0.25, -0.2) is 4.98 Å². The number of nitrogens with zero attached hydrogens (tertiary/aromatic N) is 1. The van der Waals surface area contributed by atoms with E-state index in [1.165, 1.54) is 0 Å². The zero-order chi connectivity index (χ0) is 9.42. The molecule has 0 unspecified atom stereocenters. The quantitative estimate of drug-likeness (QED) is 0.638. The van der Waals surface area contributed by atoms with Gasteiger partial charge in [0, 0.05) is 6.92 Å².